The van der Waals surface area contributed by atoms with Gasteiger partial charge < -0.3 is 0 Å². The zero-order chi connectivity index (χ0) is 6.48. The predicted molar refractivity (Wildman–Crippen MR) is 40.0 cm³/mol. The molecule has 2 nitrogen and oxygen atoms in total. The maximum Gasteiger partial charge on any atom is 0.0670 e. The van der Waals surface area contributed by atoms with E-state index in [1.165, 1.54) is 19.3 Å². The van der Waals surface area contributed by atoms with E-state index in [9.17, 15) is 0 Å². The summed E-state index contributed by atoms with van der Waals surface area (Å²) in [6.45, 7) is 1.07. The molecule has 2 fully saturated rings. The molecule has 52 valence electrons. The topological polar surface area (TPSA) is 29.3 Å². The molecule has 3 heteroatoms. The molecule has 1 spiro atoms. The highest BCUT2D eigenvalue weighted by atomic mass is 32.1. The van der Waals surface area contributed by atoms with Gasteiger partial charge in [-0.2, -0.15) is 12.6 Å². The molecule has 0 amide bonds. The number of nitrogens with two attached hydrogens (primary N) is 1. The second kappa shape index (κ2) is 1.65. The monoisotopic (exact) mass is 144 g/mol. The maximum absolute atomic E-state index is 5.65. The van der Waals surface area contributed by atoms with E-state index in [1.54, 1.807) is 0 Å². The van der Waals surface area contributed by atoms with Crippen molar-refractivity contribution < 1.29 is 0 Å². The lowest BCUT2D eigenvalue weighted by Crippen LogP contribution is -2.32. The van der Waals surface area contributed by atoms with Gasteiger partial charge in [0, 0.05) is 6.54 Å². The van der Waals surface area contributed by atoms with Gasteiger partial charge in [-0.1, -0.05) is 0 Å². The van der Waals surface area contributed by atoms with E-state index in [1.807, 2.05) is 5.01 Å². The summed E-state index contributed by atoms with van der Waals surface area (Å²) in [7, 11) is 0. The Labute approximate surface area is 60.8 Å². The van der Waals surface area contributed by atoms with Crippen LogP contribution < -0.4 is 5.84 Å². The van der Waals surface area contributed by atoms with Gasteiger partial charge in [-0.3, -0.25) is 5.84 Å². The second-order valence-corrected chi connectivity index (χ2v) is 3.95. The number of hydrazine groups is 1. The molecular formula is C6H12N2S. The smallest absolute Gasteiger partial charge is 0.0670 e. The van der Waals surface area contributed by atoms with Crippen molar-refractivity contribution in [2.45, 2.75) is 24.6 Å². The second-order valence-electron chi connectivity index (χ2n) is 3.36. The first-order chi connectivity index (χ1) is 4.22. The van der Waals surface area contributed by atoms with E-state index in [0.717, 1.165) is 6.54 Å². The van der Waals surface area contributed by atoms with Crippen molar-refractivity contribution in [3.8, 4) is 0 Å². The Morgan fingerprint density at radius 3 is 2.44 bits per heavy atom. The highest BCUT2D eigenvalue weighted by molar-refractivity contribution is 7.80. The minimum atomic E-state index is 0.326. The molecule has 9 heavy (non-hydrogen) atoms. The fraction of sp³-hybridized carbons (Fsp3) is 1.00. The summed E-state index contributed by atoms with van der Waals surface area (Å²) < 4.78 is 0. The Morgan fingerprint density at radius 2 is 2.22 bits per heavy atom. The molecule has 1 heterocycles. The lowest BCUT2D eigenvalue weighted by Gasteiger charge is -2.11. The SMILES string of the molecule is NN1CC2(CC2)C[C@H]1S. The highest BCUT2D eigenvalue weighted by Gasteiger charge is 2.50. The van der Waals surface area contributed by atoms with Gasteiger partial charge in [0.15, 0.2) is 0 Å². The molecule has 1 atom stereocenters. The first-order valence-corrected chi connectivity index (χ1v) is 3.93. The molecule has 1 aliphatic carbocycles. The molecule has 2 N–H and O–H groups in total. The van der Waals surface area contributed by atoms with Crippen molar-refractivity contribution in [2.24, 2.45) is 11.3 Å². The van der Waals surface area contributed by atoms with E-state index >= 15 is 0 Å². The predicted octanol–water partition coefficient (Wildman–Crippen LogP) is 0.602. The van der Waals surface area contributed by atoms with Crippen LogP contribution in [-0.4, -0.2) is 16.9 Å². The van der Waals surface area contributed by atoms with Crippen molar-refractivity contribution in [3.05, 3.63) is 0 Å². The first kappa shape index (κ1) is 6.01. The summed E-state index contributed by atoms with van der Waals surface area (Å²) in [4.78, 5) is 0. The zero-order valence-electron chi connectivity index (χ0n) is 5.38. The van der Waals surface area contributed by atoms with Gasteiger partial charge in [0.2, 0.25) is 0 Å². The van der Waals surface area contributed by atoms with Crippen LogP contribution in [0, 0.1) is 5.41 Å². The molecule has 1 saturated carbocycles. The van der Waals surface area contributed by atoms with Gasteiger partial charge in [-0.05, 0) is 24.7 Å². The van der Waals surface area contributed by atoms with Crippen molar-refractivity contribution in [1.82, 2.24) is 5.01 Å². The van der Waals surface area contributed by atoms with Gasteiger partial charge in [-0.15, -0.1) is 0 Å². The van der Waals surface area contributed by atoms with Crippen LogP contribution in [0.3, 0.4) is 0 Å². The number of thiol groups is 1. The van der Waals surface area contributed by atoms with Crippen molar-refractivity contribution in [1.29, 1.82) is 0 Å². The Bertz CT molecular complexity index is 121. The molecule has 1 saturated heterocycles. The minimum Gasteiger partial charge on any atom is -0.268 e. The van der Waals surface area contributed by atoms with E-state index in [4.69, 9.17) is 5.84 Å². The van der Waals surface area contributed by atoms with E-state index < -0.39 is 0 Å². The van der Waals surface area contributed by atoms with Crippen LogP contribution in [-0.2, 0) is 0 Å². The summed E-state index contributed by atoms with van der Waals surface area (Å²) in [5, 5.41) is 2.18. The summed E-state index contributed by atoms with van der Waals surface area (Å²) in [6, 6.07) is 0. The Kier molecular flexibility index (Phi) is 1.10. The van der Waals surface area contributed by atoms with Crippen molar-refractivity contribution in [2.75, 3.05) is 6.54 Å². The molecule has 1 aliphatic heterocycles. The summed E-state index contributed by atoms with van der Waals surface area (Å²) in [5.41, 5.74) is 0.612. The Balaban J connectivity index is 2.06. The van der Waals surface area contributed by atoms with Crippen LogP contribution in [0.5, 0.6) is 0 Å². The van der Waals surface area contributed by atoms with Gasteiger partial charge in [0.05, 0.1) is 5.37 Å². The minimum absolute atomic E-state index is 0.326. The molecule has 0 bridgehead atoms. The standard InChI is InChI=1S/C6H12N2S/c7-8-4-6(1-2-6)3-5(8)9/h5,9H,1-4,7H2/t5-/m1/s1. The largest absolute Gasteiger partial charge is 0.268 e. The van der Waals surface area contributed by atoms with Gasteiger partial charge in [0.25, 0.3) is 0 Å². The number of rotatable bonds is 0. The number of hydrogen-bond acceptors (Lipinski definition) is 3. The molecule has 2 rings (SSSR count). The quantitative estimate of drug-likeness (QED) is 0.385. The van der Waals surface area contributed by atoms with Crippen LogP contribution in [0.15, 0.2) is 0 Å². The number of hydrogen-bond donors (Lipinski definition) is 2. The third-order valence-corrected chi connectivity index (χ3v) is 2.95. The van der Waals surface area contributed by atoms with E-state index in [0.29, 0.717) is 10.8 Å². The third kappa shape index (κ3) is 0.876. The highest BCUT2D eigenvalue weighted by Crippen LogP contribution is 2.54. The van der Waals surface area contributed by atoms with Gasteiger partial charge >= 0.3 is 0 Å². The molecule has 0 aromatic heterocycles. The summed E-state index contributed by atoms with van der Waals surface area (Å²) in [5.74, 6) is 5.65. The zero-order valence-corrected chi connectivity index (χ0v) is 6.27. The fourth-order valence-electron chi connectivity index (χ4n) is 1.60. The van der Waals surface area contributed by atoms with Crippen LogP contribution in [0.2, 0.25) is 0 Å². The molecule has 0 aromatic carbocycles. The Morgan fingerprint density at radius 1 is 1.56 bits per heavy atom. The lowest BCUT2D eigenvalue weighted by molar-refractivity contribution is 0.317. The lowest BCUT2D eigenvalue weighted by atomic mass is 10.1. The third-order valence-electron chi connectivity index (χ3n) is 2.47. The normalized spacial score (nSPS) is 40.0. The van der Waals surface area contributed by atoms with Crippen molar-refractivity contribution >= 4 is 12.6 Å². The average Bonchev–Trinajstić information content (AvgIpc) is 2.42. The number of nitrogens with zero attached hydrogens (tertiary/aromatic N) is 1. The van der Waals surface area contributed by atoms with Crippen molar-refractivity contribution in [3.63, 3.8) is 0 Å². The molecular weight excluding hydrogens is 132 g/mol. The van der Waals surface area contributed by atoms with Crippen LogP contribution in [0.4, 0.5) is 0 Å². The summed E-state index contributed by atoms with van der Waals surface area (Å²) in [6.07, 6.45) is 3.95. The molecule has 2 aliphatic rings. The van der Waals surface area contributed by atoms with Gasteiger partial charge in [0.1, 0.15) is 0 Å². The van der Waals surface area contributed by atoms with E-state index in [-0.39, 0.29) is 0 Å². The Hall–Kier alpha value is 0.270. The van der Waals surface area contributed by atoms with Crippen LogP contribution in [0.25, 0.3) is 0 Å². The summed E-state index contributed by atoms with van der Waals surface area (Å²) >= 11 is 4.34. The van der Waals surface area contributed by atoms with E-state index in [2.05, 4.69) is 12.6 Å². The first-order valence-electron chi connectivity index (χ1n) is 3.41. The fourth-order valence-corrected chi connectivity index (χ4v) is 2.07. The maximum atomic E-state index is 5.65. The molecule has 0 radical (unpaired) electrons. The molecule has 0 aromatic rings. The van der Waals surface area contributed by atoms with Crippen LogP contribution >= 0.6 is 12.6 Å². The van der Waals surface area contributed by atoms with Crippen LogP contribution in [0.1, 0.15) is 19.3 Å². The average molecular weight is 144 g/mol. The molecule has 0 unspecified atom stereocenters. The van der Waals surface area contributed by atoms with Gasteiger partial charge in [-0.25, -0.2) is 5.01 Å².